The van der Waals surface area contributed by atoms with Crippen molar-refractivity contribution in [3.63, 3.8) is 0 Å². The molecule has 0 bridgehead atoms. The molecule has 1 saturated heterocycles. The predicted octanol–water partition coefficient (Wildman–Crippen LogP) is 6.07. The average molecular weight is 415 g/mol. The van der Waals surface area contributed by atoms with Gasteiger partial charge in [-0.15, -0.1) is 0 Å². The first-order valence-corrected chi connectivity index (χ1v) is 9.87. The molecule has 1 unspecified atom stereocenters. The van der Waals surface area contributed by atoms with E-state index >= 15 is 0 Å². The molecule has 2 aromatic rings. The highest BCUT2D eigenvalue weighted by molar-refractivity contribution is 7.99. The lowest BCUT2D eigenvalue weighted by molar-refractivity contribution is -0.136. The van der Waals surface area contributed by atoms with Crippen molar-refractivity contribution < 1.29 is 18.0 Å². The zero-order chi connectivity index (χ0) is 19.4. The maximum Gasteiger partial charge on any atom is 0.418 e. The Balaban J connectivity index is 1.68. The summed E-state index contributed by atoms with van der Waals surface area (Å²) in [6, 6.07) is 12.1. The summed E-state index contributed by atoms with van der Waals surface area (Å²) < 4.78 is 39.3. The fourth-order valence-corrected chi connectivity index (χ4v) is 4.59. The topological polar surface area (TPSA) is 32.3 Å². The van der Waals surface area contributed by atoms with Crippen LogP contribution in [0.25, 0.3) is 0 Å². The number of alkyl halides is 3. The van der Waals surface area contributed by atoms with E-state index in [0.29, 0.717) is 30.3 Å². The van der Waals surface area contributed by atoms with Gasteiger partial charge in [0.1, 0.15) is 0 Å². The van der Waals surface area contributed by atoms with Crippen molar-refractivity contribution in [1.29, 1.82) is 0 Å². The third-order valence-corrected chi connectivity index (χ3v) is 6.01. The molecule has 3 rings (SSSR count). The zero-order valence-corrected chi connectivity index (χ0v) is 15.9. The van der Waals surface area contributed by atoms with Gasteiger partial charge in [0.15, 0.2) is 0 Å². The molecule has 0 radical (unpaired) electrons. The number of carbonyl (C=O) groups excluding carboxylic acids is 1. The Kier molecular flexibility index (Phi) is 6.22. The first-order chi connectivity index (χ1) is 12.9. The van der Waals surface area contributed by atoms with Crippen molar-refractivity contribution in [2.24, 2.45) is 0 Å². The second kappa shape index (κ2) is 8.44. The summed E-state index contributed by atoms with van der Waals surface area (Å²) in [6.45, 7) is 0.911. The maximum absolute atomic E-state index is 13.1. The van der Waals surface area contributed by atoms with Crippen LogP contribution in [0.4, 0.5) is 23.7 Å². The highest BCUT2D eigenvalue weighted by atomic mass is 35.5. The summed E-state index contributed by atoms with van der Waals surface area (Å²) in [5, 5.41) is 3.25. The van der Waals surface area contributed by atoms with Gasteiger partial charge in [-0.25, -0.2) is 4.79 Å². The molecule has 0 spiro atoms. The van der Waals surface area contributed by atoms with Crippen LogP contribution in [0.15, 0.2) is 48.5 Å². The first-order valence-electron chi connectivity index (χ1n) is 8.44. The number of urea groups is 1. The van der Waals surface area contributed by atoms with Crippen LogP contribution in [0.3, 0.4) is 0 Å². The number of anilines is 1. The standard InChI is InChI=1S/C19H18ClF3N2OS/c20-15-7-3-1-5-13(15)17-9-10-25(11-12-27-17)18(26)24-16-8-4-2-6-14(16)19(21,22)23/h1-8,17H,9-12H2,(H,24,26). The van der Waals surface area contributed by atoms with E-state index in [1.165, 1.54) is 18.2 Å². The number of para-hydroxylation sites is 1. The lowest BCUT2D eigenvalue weighted by Crippen LogP contribution is -2.37. The van der Waals surface area contributed by atoms with Gasteiger partial charge in [0.2, 0.25) is 0 Å². The molecule has 1 atom stereocenters. The molecule has 144 valence electrons. The Morgan fingerprint density at radius 1 is 1.11 bits per heavy atom. The fourth-order valence-electron chi connectivity index (χ4n) is 2.99. The number of rotatable bonds is 2. The summed E-state index contributed by atoms with van der Waals surface area (Å²) >= 11 is 7.96. The van der Waals surface area contributed by atoms with E-state index < -0.39 is 17.8 Å². The highest BCUT2D eigenvalue weighted by Gasteiger charge is 2.34. The predicted molar refractivity (Wildman–Crippen MR) is 103 cm³/mol. The van der Waals surface area contributed by atoms with E-state index in [4.69, 9.17) is 11.6 Å². The van der Waals surface area contributed by atoms with Crippen LogP contribution in [-0.4, -0.2) is 29.8 Å². The number of carbonyl (C=O) groups is 1. The van der Waals surface area contributed by atoms with Gasteiger partial charge in [-0.1, -0.05) is 41.9 Å². The van der Waals surface area contributed by atoms with Crippen LogP contribution in [0.2, 0.25) is 5.02 Å². The minimum Gasteiger partial charge on any atom is -0.324 e. The van der Waals surface area contributed by atoms with Crippen LogP contribution in [0.1, 0.15) is 22.8 Å². The number of nitrogens with zero attached hydrogens (tertiary/aromatic N) is 1. The summed E-state index contributed by atoms with van der Waals surface area (Å²) in [5.41, 5.74) is -0.0557. The van der Waals surface area contributed by atoms with Gasteiger partial charge in [0, 0.05) is 29.1 Å². The third kappa shape index (κ3) is 4.90. The number of hydrogen-bond donors (Lipinski definition) is 1. The summed E-state index contributed by atoms with van der Waals surface area (Å²) in [5.74, 6) is 0.685. The lowest BCUT2D eigenvalue weighted by atomic mass is 10.1. The number of amides is 2. The molecule has 2 amide bonds. The molecule has 1 aliphatic heterocycles. The van der Waals surface area contributed by atoms with E-state index in [9.17, 15) is 18.0 Å². The fraction of sp³-hybridized carbons (Fsp3) is 0.316. The Morgan fingerprint density at radius 2 is 1.81 bits per heavy atom. The molecule has 1 heterocycles. The van der Waals surface area contributed by atoms with Crippen molar-refractivity contribution in [1.82, 2.24) is 4.90 Å². The van der Waals surface area contributed by atoms with Crippen molar-refractivity contribution in [2.75, 3.05) is 24.2 Å². The smallest absolute Gasteiger partial charge is 0.324 e. The van der Waals surface area contributed by atoms with E-state index in [1.54, 1.807) is 16.7 Å². The molecule has 0 aliphatic carbocycles. The molecular weight excluding hydrogens is 397 g/mol. The number of halogens is 4. The van der Waals surface area contributed by atoms with Gasteiger partial charge >= 0.3 is 12.2 Å². The molecule has 1 fully saturated rings. The SMILES string of the molecule is O=C(Nc1ccccc1C(F)(F)F)N1CCSC(c2ccccc2Cl)CC1. The largest absolute Gasteiger partial charge is 0.418 e. The molecule has 27 heavy (non-hydrogen) atoms. The summed E-state index contributed by atoms with van der Waals surface area (Å²) in [4.78, 5) is 14.1. The summed E-state index contributed by atoms with van der Waals surface area (Å²) in [6.07, 6.45) is -3.84. The van der Waals surface area contributed by atoms with Crippen molar-refractivity contribution in [3.8, 4) is 0 Å². The van der Waals surface area contributed by atoms with Gasteiger partial charge in [-0.2, -0.15) is 24.9 Å². The normalized spacial score (nSPS) is 18.1. The van der Waals surface area contributed by atoms with E-state index in [2.05, 4.69) is 5.32 Å². The van der Waals surface area contributed by atoms with E-state index in [0.717, 1.165) is 11.6 Å². The van der Waals surface area contributed by atoms with Gasteiger partial charge < -0.3 is 10.2 Å². The molecule has 2 aromatic carbocycles. The quantitative estimate of drug-likeness (QED) is 0.646. The molecule has 1 aliphatic rings. The lowest BCUT2D eigenvalue weighted by Gasteiger charge is -2.22. The zero-order valence-electron chi connectivity index (χ0n) is 14.3. The molecular formula is C19H18ClF3N2OS. The van der Waals surface area contributed by atoms with Crippen LogP contribution in [0, 0.1) is 0 Å². The highest BCUT2D eigenvalue weighted by Crippen LogP contribution is 2.38. The number of benzene rings is 2. The Morgan fingerprint density at radius 3 is 2.56 bits per heavy atom. The van der Waals surface area contributed by atoms with Crippen molar-refractivity contribution in [3.05, 3.63) is 64.7 Å². The minimum absolute atomic E-state index is 0.152. The van der Waals surface area contributed by atoms with Crippen molar-refractivity contribution in [2.45, 2.75) is 17.8 Å². The second-order valence-corrected chi connectivity index (χ2v) is 7.85. The van der Waals surface area contributed by atoms with Crippen LogP contribution >= 0.6 is 23.4 Å². The molecule has 1 N–H and O–H groups in total. The van der Waals surface area contributed by atoms with Gasteiger partial charge in [0.25, 0.3) is 0 Å². The molecule has 8 heteroatoms. The van der Waals surface area contributed by atoms with Crippen molar-refractivity contribution >= 4 is 35.1 Å². The average Bonchev–Trinajstić information content (AvgIpc) is 2.88. The van der Waals surface area contributed by atoms with Gasteiger partial charge in [-0.3, -0.25) is 0 Å². The Labute approximate surface area is 164 Å². The van der Waals surface area contributed by atoms with Crippen LogP contribution in [-0.2, 0) is 6.18 Å². The Bertz CT molecular complexity index is 816. The number of thioether (sulfide) groups is 1. The Hall–Kier alpha value is -1.86. The summed E-state index contributed by atoms with van der Waals surface area (Å²) in [7, 11) is 0. The third-order valence-electron chi connectivity index (χ3n) is 4.35. The van der Waals surface area contributed by atoms with Gasteiger partial charge in [-0.05, 0) is 30.2 Å². The van der Waals surface area contributed by atoms with Crippen LogP contribution in [0.5, 0.6) is 0 Å². The van der Waals surface area contributed by atoms with Gasteiger partial charge in [0.05, 0.1) is 11.3 Å². The van der Waals surface area contributed by atoms with E-state index in [-0.39, 0.29) is 10.9 Å². The maximum atomic E-state index is 13.1. The monoisotopic (exact) mass is 414 g/mol. The van der Waals surface area contributed by atoms with Crippen LogP contribution < -0.4 is 5.32 Å². The molecule has 3 nitrogen and oxygen atoms in total. The molecule has 0 aromatic heterocycles. The van der Waals surface area contributed by atoms with E-state index in [1.807, 2.05) is 24.3 Å². The second-order valence-electron chi connectivity index (χ2n) is 6.13. The molecule has 0 saturated carbocycles. The number of nitrogens with one attached hydrogen (secondary N) is 1. The minimum atomic E-state index is -4.52. The number of hydrogen-bond acceptors (Lipinski definition) is 2. The first kappa shape index (κ1) is 19.9.